The summed E-state index contributed by atoms with van der Waals surface area (Å²) in [5.74, 6) is -1.10. The van der Waals surface area contributed by atoms with Crippen molar-refractivity contribution in [2.45, 2.75) is 6.42 Å². The first-order chi connectivity index (χ1) is 10.0. The summed E-state index contributed by atoms with van der Waals surface area (Å²) in [5, 5.41) is 8.49. The third-order valence-corrected chi connectivity index (χ3v) is 3.57. The average Bonchev–Trinajstić information content (AvgIpc) is 2.49. The van der Waals surface area contributed by atoms with Crippen molar-refractivity contribution < 1.29 is 18.5 Å². The molecular weight excluding hydrogens is 331 g/mol. The number of para-hydroxylation sites is 1. The Morgan fingerprint density at radius 3 is 2.10 bits per heavy atom. The number of carboxylic acid groups (broad SMARTS) is 1. The molecule has 0 fully saturated rings. The summed E-state index contributed by atoms with van der Waals surface area (Å²) in [5.41, 5.74) is 6.81. The number of carbonyl (C=O) groups excluding carboxylic acids is 1. The number of carboxylic acids is 1. The van der Waals surface area contributed by atoms with Gasteiger partial charge in [-0.3, -0.25) is 0 Å². The van der Waals surface area contributed by atoms with E-state index in [1.165, 1.54) is 6.07 Å². The Balaban J connectivity index is 0.000000211. The number of aromatic carboxylic acids is 1. The molecular formula is C15H17GeNO4. The van der Waals surface area contributed by atoms with Gasteiger partial charge in [-0.2, -0.15) is 0 Å². The fourth-order valence-corrected chi connectivity index (χ4v) is 1.83. The summed E-state index contributed by atoms with van der Waals surface area (Å²) in [7, 11) is 0. The zero-order valence-corrected chi connectivity index (χ0v) is 15.8. The molecule has 0 heterocycles. The van der Waals surface area contributed by atoms with Crippen LogP contribution < -0.4 is 5.73 Å². The van der Waals surface area contributed by atoms with Gasteiger partial charge in [0.1, 0.15) is 0 Å². The van der Waals surface area contributed by atoms with Crippen LogP contribution in [0.2, 0.25) is 0 Å². The van der Waals surface area contributed by atoms with E-state index >= 15 is 0 Å². The van der Waals surface area contributed by atoms with Crippen molar-refractivity contribution in [1.29, 1.82) is 0 Å². The third-order valence-electron chi connectivity index (χ3n) is 2.61. The second kappa shape index (κ2) is 8.81. The summed E-state index contributed by atoms with van der Waals surface area (Å²) in [6, 6.07) is 16.0. The minimum absolute atomic E-state index is 0.115. The van der Waals surface area contributed by atoms with Gasteiger partial charge in [-0.15, -0.1) is 0 Å². The quantitative estimate of drug-likeness (QED) is 0.639. The number of hydrogen-bond acceptors (Lipinski definition) is 4. The molecule has 0 atom stereocenters. The molecule has 0 aliphatic rings. The molecule has 0 radical (unpaired) electrons. The van der Waals surface area contributed by atoms with Crippen LogP contribution >= 0.6 is 0 Å². The number of anilines is 1. The van der Waals surface area contributed by atoms with E-state index in [1.807, 2.05) is 30.3 Å². The Hall–Kier alpha value is -2.28. The molecule has 2 rings (SSSR count). The van der Waals surface area contributed by atoms with Crippen LogP contribution in [0.3, 0.4) is 0 Å². The van der Waals surface area contributed by atoms with Gasteiger partial charge >= 0.3 is 79.7 Å². The summed E-state index contributed by atoms with van der Waals surface area (Å²) >= 11 is 0.166. The predicted molar refractivity (Wildman–Crippen MR) is 84.0 cm³/mol. The zero-order chi connectivity index (χ0) is 15.7. The van der Waals surface area contributed by atoms with Crippen molar-refractivity contribution in [2.24, 2.45) is 0 Å². The summed E-state index contributed by atoms with van der Waals surface area (Å²) in [6.07, 6.45) is 0.405. The molecule has 0 saturated carbocycles. The van der Waals surface area contributed by atoms with Gasteiger partial charge in [0.2, 0.25) is 0 Å². The molecule has 5 nitrogen and oxygen atoms in total. The maximum atomic E-state index is 10.8. The van der Waals surface area contributed by atoms with Crippen molar-refractivity contribution in [3.8, 4) is 0 Å². The Morgan fingerprint density at radius 2 is 1.62 bits per heavy atom. The minimum atomic E-state index is -0.988. The SMILES string of the molecule is Nc1ccccc1C(=O)O.O=C(Cc1ccccc1)[O][GeH3]. The molecule has 0 bridgehead atoms. The van der Waals surface area contributed by atoms with Crippen LogP contribution in [-0.4, -0.2) is 33.9 Å². The molecule has 0 aliphatic carbocycles. The van der Waals surface area contributed by atoms with Crippen molar-refractivity contribution in [1.82, 2.24) is 0 Å². The van der Waals surface area contributed by atoms with Gasteiger partial charge in [0.25, 0.3) is 0 Å². The number of hydrogen-bond donors (Lipinski definition) is 2. The average molecular weight is 348 g/mol. The Labute approximate surface area is 131 Å². The van der Waals surface area contributed by atoms with Gasteiger partial charge in [0.05, 0.1) is 5.56 Å². The van der Waals surface area contributed by atoms with E-state index in [-0.39, 0.29) is 28.4 Å². The molecule has 6 heteroatoms. The van der Waals surface area contributed by atoms with E-state index in [0.717, 1.165) is 5.56 Å². The standard InChI is InChI=1S/C8H10GeO2.C7H7NO2/c9-11-8(10)6-7-4-2-1-3-5-7;8-6-4-2-1-3-5(6)7(9)10/h1-5H,6H2,9H3;1-4H,8H2,(H,9,10). The van der Waals surface area contributed by atoms with Crippen LogP contribution in [0.15, 0.2) is 54.6 Å². The van der Waals surface area contributed by atoms with Gasteiger partial charge < -0.3 is 10.8 Å². The maximum absolute atomic E-state index is 10.8. The fraction of sp³-hybridized carbons (Fsp3) is 0.0667. The third kappa shape index (κ3) is 6.14. The van der Waals surface area contributed by atoms with Crippen LogP contribution in [0.5, 0.6) is 0 Å². The topological polar surface area (TPSA) is 89.6 Å². The monoisotopic (exact) mass is 349 g/mol. The number of rotatable bonds is 3. The zero-order valence-electron chi connectivity index (χ0n) is 11.7. The summed E-state index contributed by atoms with van der Waals surface area (Å²) in [6.45, 7) is 0. The van der Waals surface area contributed by atoms with Crippen molar-refractivity contribution in [3.63, 3.8) is 0 Å². The van der Waals surface area contributed by atoms with E-state index in [0.29, 0.717) is 12.1 Å². The summed E-state index contributed by atoms with van der Waals surface area (Å²) < 4.78 is 4.70. The number of nitrogens with two attached hydrogens (primary N) is 1. The summed E-state index contributed by atoms with van der Waals surface area (Å²) in [4.78, 5) is 21.1. The van der Waals surface area contributed by atoms with Crippen LogP contribution in [0, 0.1) is 0 Å². The molecule has 0 saturated heterocycles. The van der Waals surface area contributed by atoms with Crippen LogP contribution in [0.25, 0.3) is 0 Å². The number of nitrogen functional groups attached to an aromatic ring is 1. The van der Waals surface area contributed by atoms with Crippen LogP contribution in [0.1, 0.15) is 15.9 Å². The van der Waals surface area contributed by atoms with Crippen molar-refractivity contribution in [3.05, 3.63) is 65.7 Å². The predicted octanol–water partition coefficient (Wildman–Crippen LogP) is 1.02. The molecule has 21 heavy (non-hydrogen) atoms. The Bertz CT molecular complexity index is 602. The first-order valence-electron chi connectivity index (χ1n) is 6.23. The first-order valence-corrected chi connectivity index (χ1v) is 7.94. The molecule has 3 N–H and O–H groups in total. The molecule has 0 unspecified atom stereocenters. The van der Waals surface area contributed by atoms with Crippen LogP contribution in [0.4, 0.5) is 5.69 Å². The normalized spacial score (nSPS) is 9.33. The van der Waals surface area contributed by atoms with Gasteiger partial charge in [-0.1, -0.05) is 12.1 Å². The molecule has 0 aromatic heterocycles. The van der Waals surface area contributed by atoms with E-state index in [2.05, 4.69) is 0 Å². The number of carbonyl (C=O) groups is 2. The molecule has 110 valence electrons. The van der Waals surface area contributed by atoms with Gasteiger partial charge in [0.15, 0.2) is 0 Å². The van der Waals surface area contributed by atoms with Gasteiger partial charge in [0, 0.05) is 5.69 Å². The second-order valence-corrected chi connectivity index (χ2v) is 4.99. The molecule has 0 amide bonds. The first kappa shape index (κ1) is 16.8. The van der Waals surface area contributed by atoms with Crippen molar-refractivity contribution in [2.75, 3.05) is 5.73 Å². The fourth-order valence-electron chi connectivity index (χ4n) is 1.53. The van der Waals surface area contributed by atoms with Crippen LogP contribution in [-0.2, 0) is 15.0 Å². The molecule has 0 spiro atoms. The van der Waals surface area contributed by atoms with E-state index in [9.17, 15) is 9.59 Å². The van der Waals surface area contributed by atoms with Crippen molar-refractivity contribution >= 4 is 34.5 Å². The number of benzene rings is 2. The van der Waals surface area contributed by atoms with E-state index < -0.39 is 5.97 Å². The van der Waals surface area contributed by atoms with E-state index in [1.54, 1.807) is 18.2 Å². The van der Waals surface area contributed by atoms with Gasteiger partial charge in [-0.05, 0) is 12.1 Å². The molecule has 0 aliphatic heterocycles. The Kier molecular flexibility index (Phi) is 7.04. The van der Waals surface area contributed by atoms with Gasteiger partial charge in [-0.25, -0.2) is 4.79 Å². The Morgan fingerprint density at radius 1 is 1.05 bits per heavy atom. The molecule has 2 aromatic carbocycles. The van der Waals surface area contributed by atoms with E-state index in [4.69, 9.17) is 14.6 Å². The molecule has 2 aromatic rings. The second-order valence-electron chi connectivity index (χ2n) is 4.13.